The molecular formula is C24H27FN4O4S. The molecule has 180 valence electrons. The number of carbonyl (C=O) groups is 1. The molecule has 0 bridgehead atoms. The summed E-state index contributed by atoms with van der Waals surface area (Å²) >= 11 is 1.22. The van der Waals surface area contributed by atoms with Gasteiger partial charge in [0.1, 0.15) is 10.8 Å². The van der Waals surface area contributed by atoms with E-state index in [1.165, 1.54) is 23.5 Å². The van der Waals surface area contributed by atoms with Gasteiger partial charge in [-0.25, -0.2) is 4.39 Å². The van der Waals surface area contributed by atoms with Gasteiger partial charge >= 0.3 is 0 Å². The summed E-state index contributed by atoms with van der Waals surface area (Å²) < 4.78 is 20.5. The zero-order valence-corrected chi connectivity index (χ0v) is 20.4. The van der Waals surface area contributed by atoms with Crippen LogP contribution in [0.5, 0.6) is 5.75 Å². The highest BCUT2D eigenvalue weighted by Crippen LogP contribution is 2.33. The van der Waals surface area contributed by atoms with E-state index >= 15 is 0 Å². The van der Waals surface area contributed by atoms with E-state index in [4.69, 9.17) is 4.74 Å². The molecule has 0 radical (unpaired) electrons. The highest BCUT2D eigenvalue weighted by molar-refractivity contribution is 7.14. The number of rotatable bonds is 6. The molecule has 1 aliphatic rings. The second kappa shape index (κ2) is 9.27. The van der Waals surface area contributed by atoms with Crippen molar-refractivity contribution in [2.45, 2.75) is 45.7 Å². The maximum absolute atomic E-state index is 13.2. The van der Waals surface area contributed by atoms with E-state index in [0.717, 1.165) is 5.56 Å². The van der Waals surface area contributed by atoms with Crippen molar-refractivity contribution in [3.05, 3.63) is 62.8 Å². The highest BCUT2D eigenvalue weighted by Gasteiger charge is 2.39. The number of hydrogen-bond donors (Lipinski definition) is 1. The van der Waals surface area contributed by atoms with E-state index in [0.29, 0.717) is 36.2 Å². The summed E-state index contributed by atoms with van der Waals surface area (Å²) in [5.41, 5.74) is -0.185. The Labute approximate surface area is 200 Å². The van der Waals surface area contributed by atoms with E-state index in [-0.39, 0.29) is 23.1 Å². The first kappa shape index (κ1) is 24.0. The molecule has 1 atom stereocenters. The normalized spacial score (nSPS) is 16.1. The molecule has 0 saturated heterocycles. The van der Waals surface area contributed by atoms with Crippen molar-refractivity contribution in [2.24, 2.45) is 0 Å². The molecule has 1 aliphatic heterocycles. The van der Waals surface area contributed by atoms with Crippen molar-refractivity contribution in [3.63, 3.8) is 0 Å². The number of ether oxygens (including phenoxy) is 1. The predicted molar refractivity (Wildman–Crippen MR) is 127 cm³/mol. The third kappa shape index (κ3) is 4.60. The summed E-state index contributed by atoms with van der Waals surface area (Å²) in [5.74, 6) is -1.33. The molecule has 3 heterocycles. The average Bonchev–Trinajstić information content (AvgIpc) is 3.24. The van der Waals surface area contributed by atoms with Crippen LogP contribution in [0.25, 0.3) is 10.6 Å². The molecule has 2 aromatic heterocycles. The Bertz CT molecular complexity index is 1260. The summed E-state index contributed by atoms with van der Waals surface area (Å²) in [4.78, 5) is 28.0. The van der Waals surface area contributed by atoms with Gasteiger partial charge in [-0.2, -0.15) is 0 Å². The number of carbonyl (C=O) groups excluding carboxylic acids is 1. The molecule has 1 aromatic carbocycles. The van der Waals surface area contributed by atoms with Gasteiger partial charge < -0.3 is 19.3 Å². The zero-order valence-electron chi connectivity index (χ0n) is 19.5. The minimum atomic E-state index is -0.671. The van der Waals surface area contributed by atoms with Gasteiger partial charge in [-0.15, -0.1) is 10.2 Å². The van der Waals surface area contributed by atoms with Crippen LogP contribution in [0, 0.1) is 5.82 Å². The number of aromatic hydroxyl groups is 1. The standard InChI is InChI=1S/C24H27FN4O4S/c1-5-33-13-16-11-29(24(2,3)4)23(32)19-21(31)20(30)17(12-28(16)19)22-27-26-18(34-22)10-14-6-8-15(25)9-7-14/h6-9,12,16,31H,5,10-11,13H2,1-4H3/t16-/m1/s1. The van der Waals surface area contributed by atoms with Gasteiger partial charge in [0.05, 0.1) is 18.2 Å². The second-order valence-corrected chi connectivity index (χ2v) is 10.2. The molecule has 10 heteroatoms. The van der Waals surface area contributed by atoms with Crippen LogP contribution in [-0.4, -0.2) is 56.0 Å². The fraction of sp³-hybridized carbons (Fsp3) is 0.417. The number of halogens is 1. The van der Waals surface area contributed by atoms with Crippen LogP contribution >= 0.6 is 11.3 Å². The monoisotopic (exact) mass is 486 g/mol. The van der Waals surface area contributed by atoms with Crippen molar-refractivity contribution in [1.29, 1.82) is 0 Å². The molecule has 0 saturated carbocycles. The SMILES string of the molecule is CCOC[C@H]1CN(C(C)(C)C)C(=O)c2c(O)c(=O)c(-c3nnc(Cc4ccc(F)cc4)s3)cn21. The van der Waals surface area contributed by atoms with Gasteiger partial charge in [0.25, 0.3) is 5.91 Å². The zero-order chi connectivity index (χ0) is 24.6. The molecule has 3 aromatic rings. The maximum atomic E-state index is 13.2. The fourth-order valence-electron chi connectivity index (χ4n) is 3.96. The quantitative estimate of drug-likeness (QED) is 0.571. The van der Waals surface area contributed by atoms with Crippen molar-refractivity contribution in [2.75, 3.05) is 19.8 Å². The van der Waals surface area contributed by atoms with E-state index < -0.39 is 22.6 Å². The number of amides is 1. The van der Waals surface area contributed by atoms with Crippen molar-refractivity contribution >= 4 is 17.2 Å². The Kier molecular flexibility index (Phi) is 6.55. The van der Waals surface area contributed by atoms with Gasteiger partial charge in [-0.3, -0.25) is 9.59 Å². The largest absolute Gasteiger partial charge is 0.503 e. The van der Waals surface area contributed by atoms with Gasteiger partial charge in [-0.05, 0) is 45.4 Å². The molecule has 1 amide bonds. The fourth-order valence-corrected chi connectivity index (χ4v) is 4.84. The van der Waals surface area contributed by atoms with E-state index in [9.17, 15) is 19.1 Å². The van der Waals surface area contributed by atoms with E-state index in [2.05, 4.69) is 10.2 Å². The minimum absolute atomic E-state index is 0.0457. The molecule has 4 rings (SSSR count). The number of benzene rings is 1. The Hall–Kier alpha value is -3.11. The molecular weight excluding hydrogens is 459 g/mol. The van der Waals surface area contributed by atoms with Crippen LogP contribution in [0.4, 0.5) is 4.39 Å². The van der Waals surface area contributed by atoms with Crippen molar-refractivity contribution in [1.82, 2.24) is 19.7 Å². The topological polar surface area (TPSA) is 97.6 Å². The Balaban J connectivity index is 1.75. The lowest BCUT2D eigenvalue weighted by Crippen LogP contribution is -2.53. The summed E-state index contributed by atoms with van der Waals surface area (Å²) in [6.45, 7) is 8.80. The molecule has 0 unspecified atom stereocenters. The Morgan fingerprint density at radius 3 is 2.56 bits per heavy atom. The Morgan fingerprint density at radius 2 is 1.91 bits per heavy atom. The smallest absolute Gasteiger partial charge is 0.275 e. The van der Waals surface area contributed by atoms with Gasteiger partial charge in [0.2, 0.25) is 5.43 Å². The molecule has 0 aliphatic carbocycles. The summed E-state index contributed by atoms with van der Waals surface area (Å²) in [6, 6.07) is 5.80. The van der Waals surface area contributed by atoms with Crippen LogP contribution in [0.3, 0.4) is 0 Å². The number of fused-ring (bicyclic) bond motifs is 1. The lowest BCUT2D eigenvalue weighted by Gasteiger charge is -2.43. The lowest BCUT2D eigenvalue weighted by atomic mass is 10.00. The number of nitrogens with zero attached hydrogens (tertiary/aromatic N) is 4. The number of pyridine rings is 1. The second-order valence-electron chi connectivity index (χ2n) is 9.18. The molecule has 0 fully saturated rings. The van der Waals surface area contributed by atoms with E-state index in [1.807, 2.05) is 27.7 Å². The summed E-state index contributed by atoms with van der Waals surface area (Å²) in [7, 11) is 0. The first-order valence-electron chi connectivity index (χ1n) is 11.0. The number of hydrogen-bond acceptors (Lipinski definition) is 7. The molecule has 1 N–H and O–H groups in total. The predicted octanol–water partition coefficient (Wildman–Crippen LogP) is 3.63. The van der Waals surface area contributed by atoms with Gasteiger partial charge in [0.15, 0.2) is 16.5 Å². The van der Waals surface area contributed by atoms with E-state index in [1.54, 1.807) is 27.8 Å². The molecule has 8 nitrogen and oxygen atoms in total. The summed E-state index contributed by atoms with van der Waals surface area (Å²) in [5, 5.41) is 20.2. The van der Waals surface area contributed by atoms with Gasteiger partial charge in [-0.1, -0.05) is 23.5 Å². The maximum Gasteiger partial charge on any atom is 0.275 e. The van der Waals surface area contributed by atoms with Crippen LogP contribution < -0.4 is 5.43 Å². The van der Waals surface area contributed by atoms with Crippen LogP contribution in [-0.2, 0) is 11.2 Å². The molecule has 34 heavy (non-hydrogen) atoms. The lowest BCUT2D eigenvalue weighted by molar-refractivity contribution is 0.0312. The average molecular weight is 487 g/mol. The first-order valence-corrected chi connectivity index (χ1v) is 11.9. The minimum Gasteiger partial charge on any atom is -0.503 e. The van der Waals surface area contributed by atoms with Crippen LogP contribution in [0.2, 0.25) is 0 Å². The van der Waals surface area contributed by atoms with Crippen LogP contribution in [0.1, 0.15) is 54.8 Å². The first-order chi connectivity index (χ1) is 16.1. The Morgan fingerprint density at radius 1 is 1.21 bits per heavy atom. The van der Waals surface area contributed by atoms with Crippen molar-refractivity contribution in [3.8, 4) is 16.3 Å². The third-order valence-corrected chi connectivity index (χ3v) is 6.69. The van der Waals surface area contributed by atoms with Gasteiger partial charge in [0, 0.05) is 31.3 Å². The van der Waals surface area contributed by atoms with Crippen LogP contribution in [0.15, 0.2) is 35.3 Å². The summed E-state index contributed by atoms with van der Waals surface area (Å²) in [6.07, 6.45) is 2.00. The molecule has 0 spiro atoms. The number of aromatic nitrogens is 3. The highest BCUT2D eigenvalue weighted by atomic mass is 32.1. The third-order valence-electron chi connectivity index (χ3n) is 5.73. The van der Waals surface area contributed by atoms with Crippen molar-refractivity contribution < 1.29 is 19.0 Å².